The summed E-state index contributed by atoms with van der Waals surface area (Å²) in [6, 6.07) is 12.7. The van der Waals surface area contributed by atoms with Crippen LogP contribution < -0.4 is 5.32 Å². The van der Waals surface area contributed by atoms with Crippen molar-refractivity contribution in [3.63, 3.8) is 0 Å². The van der Waals surface area contributed by atoms with Gasteiger partial charge in [0.05, 0.1) is 6.21 Å². The fourth-order valence-electron chi connectivity index (χ4n) is 1.83. The molecule has 1 aromatic heterocycles. The van der Waals surface area contributed by atoms with Gasteiger partial charge in [-0.2, -0.15) is 5.10 Å². The minimum Gasteiger partial charge on any atom is -0.455 e. The highest BCUT2D eigenvalue weighted by Crippen LogP contribution is 2.20. The standard InChI is InChI=1S/C14H11N3O3/c18-13-9-17(14(19)16-13)15-8-11-6-7-12(20-11)10-4-2-1-3-5-10/h1-8H,9H2,(H,16,18,19)/b15-8+. The Morgan fingerprint density at radius 1 is 1.15 bits per heavy atom. The van der Waals surface area contributed by atoms with E-state index in [9.17, 15) is 9.59 Å². The summed E-state index contributed by atoms with van der Waals surface area (Å²) in [5, 5.41) is 7.10. The van der Waals surface area contributed by atoms with Crippen molar-refractivity contribution in [1.29, 1.82) is 0 Å². The normalized spacial score (nSPS) is 15.1. The summed E-state index contributed by atoms with van der Waals surface area (Å²) < 4.78 is 5.60. The SMILES string of the molecule is O=C1CN(/N=C/c2ccc(-c3ccccc3)o2)C(=O)N1. The number of hydrogen-bond acceptors (Lipinski definition) is 4. The quantitative estimate of drug-likeness (QED) is 0.682. The number of hydrazone groups is 1. The van der Waals surface area contributed by atoms with Crippen molar-refractivity contribution in [2.45, 2.75) is 0 Å². The molecule has 3 rings (SSSR count). The molecule has 1 aliphatic rings. The smallest absolute Gasteiger partial charge is 0.344 e. The third-order valence-electron chi connectivity index (χ3n) is 2.78. The minimum atomic E-state index is -0.527. The van der Waals surface area contributed by atoms with Gasteiger partial charge in [0, 0.05) is 5.56 Å². The molecule has 6 nitrogen and oxygen atoms in total. The number of furan rings is 1. The molecule has 1 N–H and O–H groups in total. The van der Waals surface area contributed by atoms with Crippen LogP contribution in [0.3, 0.4) is 0 Å². The van der Waals surface area contributed by atoms with Crippen LogP contribution in [0.15, 0.2) is 52.0 Å². The van der Waals surface area contributed by atoms with E-state index in [1.165, 1.54) is 6.21 Å². The molecule has 100 valence electrons. The third-order valence-corrected chi connectivity index (χ3v) is 2.78. The second-order valence-corrected chi connectivity index (χ2v) is 4.22. The maximum absolute atomic E-state index is 11.3. The first-order chi connectivity index (χ1) is 9.72. The fraction of sp³-hybridized carbons (Fsp3) is 0.0714. The Labute approximate surface area is 114 Å². The molecule has 0 saturated carbocycles. The van der Waals surface area contributed by atoms with E-state index >= 15 is 0 Å². The molecule has 2 aromatic rings. The second kappa shape index (κ2) is 5.00. The number of hydrogen-bond donors (Lipinski definition) is 1. The predicted octanol–water partition coefficient (Wildman–Crippen LogP) is 1.83. The molecule has 20 heavy (non-hydrogen) atoms. The number of imide groups is 1. The van der Waals surface area contributed by atoms with Gasteiger partial charge < -0.3 is 4.42 Å². The van der Waals surface area contributed by atoms with Crippen molar-refractivity contribution in [2.75, 3.05) is 6.54 Å². The lowest BCUT2D eigenvalue weighted by Crippen LogP contribution is -2.24. The van der Waals surface area contributed by atoms with Gasteiger partial charge in [-0.15, -0.1) is 0 Å². The number of rotatable bonds is 3. The summed E-state index contributed by atoms with van der Waals surface area (Å²) in [6.45, 7) is -0.0679. The number of nitrogens with zero attached hydrogens (tertiary/aromatic N) is 2. The van der Waals surface area contributed by atoms with Gasteiger partial charge in [0.1, 0.15) is 18.1 Å². The van der Waals surface area contributed by atoms with Gasteiger partial charge >= 0.3 is 6.03 Å². The molecule has 1 aromatic carbocycles. The Morgan fingerprint density at radius 3 is 2.65 bits per heavy atom. The minimum absolute atomic E-state index is 0.0679. The zero-order chi connectivity index (χ0) is 13.9. The van der Waals surface area contributed by atoms with E-state index in [0.29, 0.717) is 11.5 Å². The van der Waals surface area contributed by atoms with Gasteiger partial charge in [0.2, 0.25) is 5.91 Å². The lowest BCUT2D eigenvalue weighted by atomic mass is 10.2. The highest BCUT2D eigenvalue weighted by molar-refractivity contribution is 6.02. The van der Waals surface area contributed by atoms with E-state index in [0.717, 1.165) is 10.6 Å². The molecule has 0 aliphatic carbocycles. The van der Waals surface area contributed by atoms with Crippen LogP contribution in [0.25, 0.3) is 11.3 Å². The van der Waals surface area contributed by atoms with E-state index in [4.69, 9.17) is 4.42 Å². The van der Waals surface area contributed by atoms with Crippen LogP contribution in [-0.4, -0.2) is 29.7 Å². The summed E-state index contributed by atoms with van der Waals surface area (Å²) >= 11 is 0. The Hall–Kier alpha value is -2.89. The maximum Gasteiger partial charge on any atom is 0.344 e. The zero-order valence-corrected chi connectivity index (χ0v) is 10.4. The highest BCUT2D eigenvalue weighted by atomic mass is 16.3. The van der Waals surface area contributed by atoms with Gasteiger partial charge in [-0.05, 0) is 12.1 Å². The molecule has 0 radical (unpaired) electrons. The van der Waals surface area contributed by atoms with E-state index in [1.807, 2.05) is 36.4 Å². The molecule has 3 amide bonds. The Bertz CT molecular complexity index is 676. The van der Waals surface area contributed by atoms with Gasteiger partial charge in [0.15, 0.2) is 0 Å². The van der Waals surface area contributed by atoms with E-state index < -0.39 is 6.03 Å². The average molecular weight is 269 g/mol. The summed E-state index contributed by atoms with van der Waals surface area (Å²) in [4.78, 5) is 22.3. The van der Waals surface area contributed by atoms with E-state index in [1.54, 1.807) is 6.07 Å². The third kappa shape index (κ3) is 2.44. The van der Waals surface area contributed by atoms with Crippen molar-refractivity contribution in [1.82, 2.24) is 10.3 Å². The van der Waals surface area contributed by atoms with Crippen molar-refractivity contribution in [3.05, 3.63) is 48.2 Å². The molecule has 1 fully saturated rings. The number of amides is 3. The Kier molecular flexibility index (Phi) is 3.04. The van der Waals surface area contributed by atoms with Gasteiger partial charge in [-0.3, -0.25) is 10.1 Å². The van der Waals surface area contributed by atoms with Crippen molar-refractivity contribution in [2.24, 2.45) is 5.10 Å². The predicted molar refractivity (Wildman–Crippen MR) is 72.0 cm³/mol. The lowest BCUT2D eigenvalue weighted by molar-refractivity contribution is -0.118. The Balaban J connectivity index is 1.75. The summed E-state index contributed by atoms with van der Waals surface area (Å²) in [6.07, 6.45) is 1.41. The van der Waals surface area contributed by atoms with Crippen LogP contribution >= 0.6 is 0 Å². The van der Waals surface area contributed by atoms with Crippen molar-refractivity contribution in [3.8, 4) is 11.3 Å². The lowest BCUT2D eigenvalue weighted by Gasteiger charge is -2.02. The topological polar surface area (TPSA) is 74.9 Å². The fourth-order valence-corrected chi connectivity index (χ4v) is 1.83. The van der Waals surface area contributed by atoms with Gasteiger partial charge in [-0.1, -0.05) is 30.3 Å². The first-order valence-electron chi connectivity index (χ1n) is 6.03. The first kappa shape index (κ1) is 12.2. The number of carbonyl (C=O) groups excluding carboxylic acids is 2. The molecule has 0 spiro atoms. The number of benzene rings is 1. The Morgan fingerprint density at radius 2 is 1.95 bits per heavy atom. The summed E-state index contributed by atoms with van der Waals surface area (Å²) in [7, 11) is 0. The second-order valence-electron chi connectivity index (χ2n) is 4.22. The maximum atomic E-state index is 11.3. The van der Waals surface area contributed by atoms with Crippen molar-refractivity contribution >= 4 is 18.2 Å². The number of carbonyl (C=O) groups is 2. The molecule has 1 aliphatic heterocycles. The largest absolute Gasteiger partial charge is 0.455 e. The number of nitrogens with one attached hydrogen (secondary N) is 1. The van der Waals surface area contributed by atoms with Crippen LogP contribution in [0, 0.1) is 0 Å². The van der Waals surface area contributed by atoms with Gasteiger partial charge in [0.25, 0.3) is 0 Å². The van der Waals surface area contributed by atoms with Crippen LogP contribution in [-0.2, 0) is 4.79 Å². The van der Waals surface area contributed by atoms with Crippen LogP contribution in [0.4, 0.5) is 4.79 Å². The van der Waals surface area contributed by atoms with Crippen LogP contribution in [0.2, 0.25) is 0 Å². The average Bonchev–Trinajstić information content (AvgIpc) is 3.04. The highest BCUT2D eigenvalue weighted by Gasteiger charge is 2.25. The summed E-state index contributed by atoms with van der Waals surface area (Å²) in [5.41, 5.74) is 0.959. The molecule has 0 atom stereocenters. The zero-order valence-electron chi connectivity index (χ0n) is 10.4. The van der Waals surface area contributed by atoms with Crippen molar-refractivity contribution < 1.29 is 14.0 Å². The van der Waals surface area contributed by atoms with Crippen LogP contribution in [0.1, 0.15) is 5.76 Å². The molecule has 0 bridgehead atoms. The molecular weight excluding hydrogens is 258 g/mol. The van der Waals surface area contributed by atoms with Gasteiger partial charge in [-0.25, -0.2) is 9.80 Å². The number of urea groups is 1. The monoisotopic (exact) mass is 269 g/mol. The molecule has 2 heterocycles. The van der Waals surface area contributed by atoms with E-state index in [2.05, 4.69) is 10.4 Å². The first-order valence-corrected chi connectivity index (χ1v) is 6.03. The summed E-state index contributed by atoms with van der Waals surface area (Å²) in [5.74, 6) is 0.863. The molecule has 6 heteroatoms. The molecule has 1 saturated heterocycles. The van der Waals surface area contributed by atoms with E-state index in [-0.39, 0.29) is 12.5 Å². The van der Waals surface area contributed by atoms with Crippen LogP contribution in [0.5, 0.6) is 0 Å². The molecular formula is C14H11N3O3. The molecule has 0 unspecified atom stereocenters.